The van der Waals surface area contributed by atoms with E-state index in [0.29, 0.717) is 34.5 Å². The SMILES string of the molecule is O=C(Nc1ccc(C(=O)N2CCCc3ccccc32)cc1)c1ccccc1-c1ccc(C(F)(F)F)cc1. The standard InChI is InChI=1S/C30H23F3N2O2/c31-30(32,33)23-15-11-20(12-16-23)25-8-2-3-9-26(25)28(36)34-24-17-13-22(14-18-24)29(37)35-19-5-7-21-6-1-4-10-27(21)35/h1-4,6,8-18H,5,7,19H2,(H,34,36). The van der Waals surface area contributed by atoms with E-state index >= 15 is 0 Å². The molecule has 1 aliphatic heterocycles. The highest BCUT2D eigenvalue weighted by atomic mass is 19.4. The first-order valence-electron chi connectivity index (χ1n) is 11.9. The molecular weight excluding hydrogens is 477 g/mol. The Labute approximate surface area is 212 Å². The minimum atomic E-state index is -4.43. The molecule has 1 heterocycles. The number of halogens is 3. The van der Waals surface area contributed by atoms with Crippen molar-refractivity contribution in [2.75, 3.05) is 16.8 Å². The molecule has 0 saturated heterocycles. The van der Waals surface area contributed by atoms with Crippen LogP contribution in [0.4, 0.5) is 24.5 Å². The van der Waals surface area contributed by atoms with E-state index < -0.39 is 17.6 Å². The third-order valence-electron chi connectivity index (χ3n) is 6.44. The van der Waals surface area contributed by atoms with Gasteiger partial charge in [0.15, 0.2) is 0 Å². The summed E-state index contributed by atoms with van der Waals surface area (Å²) >= 11 is 0. The van der Waals surface area contributed by atoms with Gasteiger partial charge in [-0.15, -0.1) is 0 Å². The first-order chi connectivity index (χ1) is 17.8. The number of hydrogen-bond acceptors (Lipinski definition) is 2. The number of carbonyl (C=O) groups is 2. The van der Waals surface area contributed by atoms with E-state index in [0.717, 1.165) is 36.2 Å². The summed E-state index contributed by atoms with van der Waals surface area (Å²) in [5, 5.41) is 2.82. The zero-order chi connectivity index (χ0) is 26.0. The van der Waals surface area contributed by atoms with Crippen LogP contribution in [0.15, 0.2) is 97.1 Å². The van der Waals surface area contributed by atoms with Crippen LogP contribution in [0.3, 0.4) is 0 Å². The number of nitrogens with one attached hydrogen (secondary N) is 1. The molecule has 186 valence electrons. The fourth-order valence-corrected chi connectivity index (χ4v) is 4.57. The van der Waals surface area contributed by atoms with Gasteiger partial charge in [-0.1, -0.05) is 48.5 Å². The molecule has 4 aromatic carbocycles. The van der Waals surface area contributed by atoms with E-state index in [-0.39, 0.29) is 5.91 Å². The predicted octanol–water partition coefficient (Wildman–Crippen LogP) is 7.22. The number of hydrogen-bond donors (Lipinski definition) is 1. The van der Waals surface area contributed by atoms with Crippen molar-refractivity contribution in [1.29, 1.82) is 0 Å². The summed E-state index contributed by atoms with van der Waals surface area (Å²) in [6.07, 6.45) is -2.59. The van der Waals surface area contributed by atoms with Crippen LogP contribution >= 0.6 is 0 Å². The molecule has 4 nitrogen and oxygen atoms in total. The highest BCUT2D eigenvalue weighted by Crippen LogP contribution is 2.32. The quantitative estimate of drug-likeness (QED) is 0.322. The lowest BCUT2D eigenvalue weighted by molar-refractivity contribution is -0.137. The first-order valence-corrected chi connectivity index (χ1v) is 11.9. The summed E-state index contributed by atoms with van der Waals surface area (Å²) in [5.41, 5.74) is 3.69. The lowest BCUT2D eigenvalue weighted by Gasteiger charge is -2.29. The Morgan fingerprint density at radius 1 is 0.784 bits per heavy atom. The molecule has 5 rings (SSSR count). The van der Waals surface area contributed by atoms with Crippen molar-refractivity contribution in [3.8, 4) is 11.1 Å². The van der Waals surface area contributed by atoms with Crippen LogP contribution in [0.1, 0.15) is 38.3 Å². The fraction of sp³-hybridized carbons (Fsp3) is 0.133. The molecule has 2 amide bonds. The molecule has 0 fully saturated rings. The summed E-state index contributed by atoms with van der Waals surface area (Å²) in [4.78, 5) is 28.0. The van der Waals surface area contributed by atoms with Crippen molar-refractivity contribution >= 4 is 23.2 Å². The van der Waals surface area contributed by atoms with Crippen molar-refractivity contribution < 1.29 is 22.8 Å². The van der Waals surface area contributed by atoms with Crippen molar-refractivity contribution in [1.82, 2.24) is 0 Å². The van der Waals surface area contributed by atoms with Gasteiger partial charge in [0.25, 0.3) is 11.8 Å². The van der Waals surface area contributed by atoms with Gasteiger partial charge in [0.2, 0.25) is 0 Å². The topological polar surface area (TPSA) is 49.4 Å². The number of amides is 2. The predicted molar refractivity (Wildman–Crippen MR) is 138 cm³/mol. The van der Waals surface area contributed by atoms with E-state index in [4.69, 9.17) is 0 Å². The maximum absolute atomic E-state index is 13.2. The Hall–Kier alpha value is -4.39. The zero-order valence-electron chi connectivity index (χ0n) is 19.8. The van der Waals surface area contributed by atoms with E-state index in [1.54, 1.807) is 53.4 Å². The number of benzene rings is 4. The normalized spacial score (nSPS) is 13.1. The number of para-hydroxylation sites is 1. The van der Waals surface area contributed by atoms with E-state index in [9.17, 15) is 22.8 Å². The maximum atomic E-state index is 13.2. The molecule has 0 bridgehead atoms. The van der Waals surface area contributed by atoms with Gasteiger partial charge in [0, 0.05) is 29.0 Å². The lowest BCUT2D eigenvalue weighted by Crippen LogP contribution is -2.35. The molecule has 0 spiro atoms. The number of anilines is 2. The van der Waals surface area contributed by atoms with Gasteiger partial charge in [-0.25, -0.2) is 0 Å². The average Bonchev–Trinajstić information content (AvgIpc) is 2.92. The average molecular weight is 501 g/mol. The number of rotatable bonds is 4. The van der Waals surface area contributed by atoms with Gasteiger partial charge in [-0.05, 0) is 78.1 Å². The van der Waals surface area contributed by atoms with E-state index in [1.165, 1.54) is 12.1 Å². The second kappa shape index (κ2) is 9.93. The molecule has 1 aliphatic rings. The Kier molecular flexibility index (Phi) is 6.53. The van der Waals surface area contributed by atoms with Crippen LogP contribution in [0.2, 0.25) is 0 Å². The Morgan fingerprint density at radius 3 is 2.19 bits per heavy atom. The third-order valence-corrected chi connectivity index (χ3v) is 6.44. The van der Waals surface area contributed by atoms with Crippen LogP contribution < -0.4 is 10.2 Å². The summed E-state index contributed by atoms with van der Waals surface area (Å²) in [6.45, 7) is 0.648. The number of fused-ring (bicyclic) bond motifs is 1. The first kappa shape index (κ1) is 24.3. The smallest absolute Gasteiger partial charge is 0.322 e. The van der Waals surface area contributed by atoms with Gasteiger partial charge in [0.1, 0.15) is 0 Å². The third kappa shape index (κ3) is 5.11. The number of alkyl halides is 3. The second-order valence-corrected chi connectivity index (χ2v) is 8.84. The molecule has 0 radical (unpaired) electrons. The van der Waals surface area contributed by atoms with Crippen molar-refractivity contribution in [2.24, 2.45) is 0 Å². The van der Waals surface area contributed by atoms with Crippen LogP contribution in [0, 0.1) is 0 Å². The molecule has 7 heteroatoms. The maximum Gasteiger partial charge on any atom is 0.416 e. The van der Waals surface area contributed by atoms with Gasteiger partial charge in [-0.2, -0.15) is 13.2 Å². The van der Waals surface area contributed by atoms with Crippen molar-refractivity contribution in [2.45, 2.75) is 19.0 Å². The summed E-state index contributed by atoms with van der Waals surface area (Å²) < 4.78 is 38.8. The van der Waals surface area contributed by atoms with Crippen LogP contribution in [-0.4, -0.2) is 18.4 Å². The summed E-state index contributed by atoms with van der Waals surface area (Å²) in [7, 11) is 0. The number of carbonyl (C=O) groups excluding carboxylic acids is 2. The van der Waals surface area contributed by atoms with Crippen LogP contribution in [0.25, 0.3) is 11.1 Å². The Balaban J connectivity index is 1.33. The van der Waals surface area contributed by atoms with E-state index in [2.05, 4.69) is 5.32 Å². The molecular formula is C30H23F3N2O2. The second-order valence-electron chi connectivity index (χ2n) is 8.84. The Bertz CT molecular complexity index is 1450. The van der Waals surface area contributed by atoms with Gasteiger partial charge >= 0.3 is 6.18 Å². The molecule has 4 aromatic rings. The van der Waals surface area contributed by atoms with Crippen LogP contribution in [-0.2, 0) is 12.6 Å². The molecule has 0 aliphatic carbocycles. The van der Waals surface area contributed by atoms with Gasteiger partial charge in [0.05, 0.1) is 5.56 Å². The monoisotopic (exact) mass is 500 g/mol. The zero-order valence-corrected chi connectivity index (χ0v) is 19.8. The van der Waals surface area contributed by atoms with Crippen molar-refractivity contribution in [3.05, 3.63) is 119 Å². The molecule has 0 saturated carbocycles. The van der Waals surface area contributed by atoms with E-state index in [1.807, 2.05) is 24.3 Å². The Morgan fingerprint density at radius 2 is 1.46 bits per heavy atom. The largest absolute Gasteiger partial charge is 0.416 e. The van der Waals surface area contributed by atoms with Crippen molar-refractivity contribution in [3.63, 3.8) is 0 Å². The van der Waals surface area contributed by atoms with Gasteiger partial charge in [-0.3, -0.25) is 9.59 Å². The summed E-state index contributed by atoms with van der Waals surface area (Å²) in [5.74, 6) is -0.503. The molecule has 37 heavy (non-hydrogen) atoms. The number of nitrogens with zero attached hydrogens (tertiary/aromatic N) is 1. The lowest BCUT2D eigenvalue weighted by atomic mass is 9.98. The minimum Gasteiger partial charge on any atom is -0.322 e. The summed E-state index contributed by atoms with van der Waals surface area (Å²) in [6, 6.07) is 26.0. The molecule has 0 aromatic heterocycles. The van der Waals surface area contributed by atoms with Crippen LogP contribution in [0.5, 0.6) is 0 Å². The number of aryl methyl sites for hydroxylation is 1. The molecule has 0 unspecified atom stereocenters. The highest BCUT2D eigenvalue weighted by molar-refractivity contribution is 6.10. The van der Waals surface area contributed by atoms with Gasteiger partial charge < -0.3 is 10.2 Å². The molecule has 1 N–H and O–H groups in total. The fourth-order valence-electron chi connectivity index (χ4n) is 4.57. The minimum absolute atomic E-state index is 0.0994. The molecule has 0 atom stereocenters. The highest BCUT2D eigenvalue weighted by Gasteiger charge is 2.30.